The molecule has 3 rings (SSSR count). The van der Waals surface area contributed by atoms with Crippen molar-refractivity contribution in [1.82, 2.24) is 0 Å². The van der Waals surface area contributed by atoms with Crippen molar-refractivity contribution in [3.05, 3.63) is 71.2 Å². The molecule has 1 aromatic heterocycles. The van der Waals surface area contributed by atoms with Gasteiger partial charge in [-0.3, -0.25) is 0 Å². The fraction of sp³-hybridized carbons (Fsp3) is 0.176. The summed E-state index contributed by atoms with van der Waals surface area (Å²) < 4.78 is 5.58. The normalized spacial score (nSPS) is 12.8. The van der Waals surface area contributed by atoms with Gasteiger partial charge in [0.15, 0.2) is 0 Å². The predicted molar refractivity (Wildman–Crippen MR) is 79.8 cm³/mol. The fourth-order valence-corrected chi connectivity index (χ4v) is 2.95. The second kappa shape index (κ2) is 4.75. The van der Waals surface area contributed by atoms with E-state index >= 15 is 0 Å². The smallest absolute Gasteiger partial charge is 0.106 e. The van der Waals surface area contributed by atoms with Gasteiger partial charge in [-0.2, -0.15) is 0 Å². The van der Waals surface area contributed by atoms with Gasteiger partial charge >= 0.3 is 0 Å². The van der Waals surface area contributed by atoms with Gasteiger partial charge in [-0.25, -0.2) is 0 Å². The molecule has 0 aliphatic rings. The van der Waals surface area contributed by atoms with Crippen LogP contribution in [0.3, 0.4) is 0 Å². The Morgan fingerprint density at radius 1 is 0.947 bits per heavy atom. The van der Waals surface area contributed by atoms with E-state index in [1.807, 2.05) is 32.0 Å². The Labute approximate surface area is 117 Å². The second-order valence-corrected chi connectivity index (χ2v) is 5.24. The Balaban J connectivity index is 2.16. The van der Waals surface area contributed by atoms with Gasteiger partial charge in [-0.1, -0.05) is 42.5 Å². The highest BCUT2D eigenvalue weighted by Crippen LogP contribution is 2.36. The van der Waals surface area contributed by atoms with E-state index in [2.05, 4.69) is 30.3 Å². The van der Waals surface area contributed by atoms with Gasteiger partial charge in [-0.15, -0.1) is 11.6 Å². The van der Waals surface area contributed by atoms with Gasteiger partial charge in [0.25, 0.3) is 0 Å². The van der Waals surface area contributed by atoms with E-state index in [1.165, 1.54) is 10.8 Å². The molecule has 0 aliphatic carbocycles. The molecule has 2 aromatic carbocycles. The van der Waals surface area contributed by atoms with E-state index in [0.717, 1.165) is 22.6 Å². The van der Waals surface area contributed by atoms with Gasteiger partial charge in [0.1, 0.15) is 11.5 Å². The molecule has 0 amide bonds. The molecule has 19 heavy (non-hydrogen) atoms. The zero-order chi connectivity index (χ0) is 13.4. The summed E-state index contributed by atoms with van der Waals surface area (Å²) in [5, 5.41) is 2.23. The summed E-state index contributed by atoms with van der Waals surface area (Å²) in [5.41, 5.74) is 2.18. The maximum Gasteiger partial charge on any atom is 0.106 e. The molecule has 0 saturated heterocycles. The van der Waals surface area contributed by atoms with E-state index in [4.69, 9.17) is 16.0 Å². The molecular weight excluding hydrogens is 256 g/mol. The lowest BCUT2D eigenvalue weighted by molar-refractivity contribution is 0.501. The third-order valence-corrected chi connectivity index (χ3v) is 3.92. The van der Waals surface area contributed by atoms with Crippen LogP contribution in [0.25, 0.3) is 10.8 Å². The standard InChI is InChI=1S/C17H15ClO/c1-11-10-16(12(2)19-11)17(18)15-9-5-7-13-6-3-4-8-14(13)15/h3-10,17H,1-2H3. The first-order valence-electron chi connectivity index (χ1n) is 6.35. The molecule has 1 heterocycles. The van der Waals surface area contributed by atoms with Crippen LogP contribution in [0, 0.1) is 13.8 Å². The summed E-state index contributed by atoms with van der Waals surface area (Å²) in [6.45, 7) is 3.91. The summed E-state index contributed by atoms with van der Waals surface area (Å²) in [4.78, 5) is 0. The quantitative estimate of drug-likeness (QED) is 0.570. The molecule has 0 fully saturated rings. The van der Waals surface area contributed by atoms with Crippen LogP contribution in [0.15, 0.2) is 52.9 Å². The molecule has 0 radical (unpaired) electrons. The minimum atomic E-state index is -0.177. The van der Waals surface area contributed by atoms with Crippen LogP contribution in [0.1, 0.15) is 28.0 Å². The highest BCUT2D eigenvalue weighted by molar-refractivity contribution is 6.23. The zero-order valence-corrected chi connectivity index (χ0v) is 11.7. The summed E-state index contributed by atoms with van der Waals surface area (Å²) in [5.74, 6) is 1.80. The van der Waals surface area contributed by atoms with Crippen molar-refractivity contribution in [2.24, 2.45) is 0 Å². The van der Waals surface area contributed by atoms with Gasteiger partial charge in [0.2, 0.25) is 0 Å². The molecule has 0 aliphatic heterocycles. The largest absolute Gasteiger partial charge is 0.466 e. The highest BCUT2D eigenvalue weighted by atomic mass is 35.5. The summed E-state index contributed by atoms with van der Waals surface area (Å²) in [6, 6.07) is 16.6. The maximum atomic E-state index is 6.67. The summed E-state index contributed by atoms with van der Waals surface area (Å²) in [6.07, 6.45) is 0. The number of aryl methyl sites for hydroxylation is 2. The minimum absolute atomic E-state index is 0.177. The first kappa shape index (κ1) is 12.3. The molecule has 1 nitrogen and oxygen atoms in total. The lowest BCUT2D eigenvalue weighted by Gasteiger charge is -2.12. The van der Waals surface area contributed by atoms with E-state index in [0.29, 0.717) is 0 Å². The molecule has 96 valence electrons. The number of benzene rings is 2. The number of hydrogen-bond acceptors (Lipinski definition) is 1. The van der Waals surface area contributed by atoms with Crippen molar-refractivity contribution in [1.29, 1.82) is 0 Å². The summed E-state index contributed by atoms with van der Waals surface area (Å²) in [7, 11) is 0. The molecule has 0 bridgehead atoms. The fourth-order valence-electron chi connectivity index (χ4n) is 2.54. The highest BCUT2D eigenvalue weighted by Gasteiger charge is 2.18. The Morgan fingerprint density at radius 3 is 2.42 bits per heavy atom. The van der Waals surface area contributed by atoms with E-state index in [-0.39, 0.29) is 5.38 Å². The third kappa shape index (κ3) is 2.15. The van der Waals surface area contributed by atoms with Crippen LogP contribution in [0.4, 0.5) is 0 Å². The maximum absolute atomic E-state index is 6.67. The molecular formula is C17H15ClO. The second-order valence-electron chi connectivity index (χ2n) is 4.80. The molecule has 0 N–H and O–H groups in total. The van der Waals surface area contributed by atoms with Gasteiger partial charge in [0, 0.05) is 5.56 Å². The van der Waals surface area contributed by atoms with Crippen molar-refractivity contribution in [3.63, 3.8) is 0 Å². The van der Waals surface area contributed by atoms with E-state index in [9.17, 15) is 0 Å². The Hall–Kier alpha value is -1.73. The van der Waals surface area contributed by atoms with Crippen molar-refractivity contribution < 1.29 is 4.42 Å². The molecule has 0 spiro atoms. The van der Waals surface area contributed by atoms with Crippen LogP contribution in [0.2, 0.25) is 0 Å². The first-order valence-corrected chi connectivity index (χ1v) is 6.79. The molecule has 1 unspecified atom stereocenters. The van der Waals surface area contributed by atoms with Crippen molar-refractivity contribution >= 4 is 22.4 Å². The summed E-state index contributed by atoms with van der Waals surface area (Å²) >= 11 is 6.67. The van der Waals surface area contributed by atoms with Crippen LogP contribution in [0.5, 0.6) is 0 Å². The zero-order valence-electron chi connectivity index (χ0n) is 11.0. The molecule has 3 aromatic rings. The molecule has 0 saturated carbocycles. The van der Waals surface area contributed by atoms with Crippen LogP contribution < -0.4 is 0 Å². The molecule has 2 heteroatoms. The predicted octanol–water partition coefficient (Wildman–Crippen LogP) is 5.38. The van der Waals surface area contributed by atoms with Crippen molar-refractivity contribution in [2.75, 3.05) is 0 Å². The van der Waals surface area contributed by atoms with Crippen LogP contribution >= 0.6 is 11.6 Å². The average Bonchev–Trinajstić information content (AvgIpc) is 2.76. The third-order valence-electron chi connectivity index (χ3n) is 3.45. The van der Waals surface area contributed by atoms with Gasteiger partial charge < -0.3 is 4.42 Å². The van der Waals surface area contributed by atoms with Crippen molar-refractivity contribution in [3.8, 4) is 0 Å². The monoisotopic (exact) mass is 270 g/mol. The molecule has 1 atom stereocenters. The minimum Gasteiger partial charge on any atom is -0.466 e. The van der Waals surface area contributed by atoms with Crippen LogP contribution in [-0.4, -0.2) is 0 Å². The number of furan rings is 1. The van der Waals surface area contributed by atoms with Gasteiger partial charge in [-0.05, 0) is 36.2 Å². The first-order chi connectivity index (χ1) is 9.16. The van der Waals surface area contributed by atoms with E-state index in [1.54, 1.807) is 0 Å². The number of alkyl halides is 1. The Bertz CT molecular complexity index is 722. The lowest BCUT2D eigenvalue weighted by Crippen LogP contribution is -1.94. The number of rotatable bonds is 2. The number of halogens is 1. The van der Waals surface area contributed by atoms with Crippen LogP contribution in [-0.2, 0) is 0 Å². The Kier molecular flexibility index (Phi) is 3.08. The lowest BCUT2D eigenvalue weighted by atomic mass is 9.98. The topological polar surface area (TPSA) is 13.1 Å². The average molecular weight is 271 g/mol. The van der Waals surface area contributed by atoms with E-state index < -0.39 is 0 Å². The Morgan fingerprint density at radius 2 is 1.68 bits per heavy atom. The van der Waals surface area contributed by atoms with Gasteiger partial charge in [0.05, 0.1) is 5.38 Å². The number of fused-ring (bicyclic) bond motifs is 1. The SMILES string of the molecule is Cc1cc(C(Cl)c2cccc3ccccc23)c(C)o1. The number of hydrogen-bond donors (Lipinski definition) is 0. The van der Waals surface area contributed by atoms with Crippen molar-refractivity contribution in [2.45, 2.75) is 19.2 Å².